The van der Waals surface area contributed by atoms with Gasteiger partial charge in [0, 0.05) is 6.08 Å². The van der Waals surface area contributed by atoms with Crippen molar-refractivity contribution in [3.05, 3.63) is 54.1 Å². The lowest BCUT2D eigenvalue weighted by Crippen LogP contribution is -2.34. The highest BCUT2D eigenvalue weighted by Gasteiger charge is 2.23. The summed E-state index contributed by atoms with van der Waals surface area (Å²) < 4.78 is 7.80. The van der Waals surface area contributed by atoms with Gasteiger partial charge in [-0.1, -0.05) is 24.8 Å². The Balaban J connectivity index is 2.13. The lowest BCUT2D eigenvalue weighted by molar-refractivity contribution is -0.548. The van der Waals surface area contributed by atoms with Crippen LogP contribution in [0.3, 0.4) is 0 Å². The molecular formula is C15H16NO+. The van der Waals surface area contributed by atoms with Crippen LogP contribution in [-0.4, -0.2) is 36.6 Å². The van der Waals surface area contributed by atoms with Gasteiger partial charge >= 0.3 is 0 Å². The van der Waals surface area contributed by atoms with Crippen LogP contribution in [-0.2, 0) is 4.74 Å². The van der Waals surface area contributed by atoms with Crippen LogP contribution >= 0.6 is 0 Å². The molecule has 0 radical (unpaired) electrons. The van der Waals surface area contributed by atoms with Crippen LogP contribution in [0.5, 0.6) is 0 Å². The minimum atomic E-state index is 0.820. The van der Waals surface area contributed by atoms with Gasteiger partial charge in [0.2, 0.25) is 5.71 Å². The number of benzene rings is 1. The van der Waals surface area contributed by atoms with E-state index in [-0.39, 0.29) is 0 Å². The summed E-state index contributed by atoms with van der Waals surface area (Å²) in [4.78, 5) is 0. The first-order valence-electron chi connectivity index (χ1n) is 6.02. The van der Waals surface area contributed by atoms with Gasteiger partial charge in [0.1, 0.15) is 13.2 Å². The van der Waals surface area contributed by atoms with Crippen LogP contribution in [0.2, 0.25) is 0 Å². The molecule has 0 amide bonds. The van der Waals surface area contributed by atoms with E-state index in [9.17, 15) is 0 Å². The van der Waals surface area contributed by atoms with E-state index < -0.39 is 0 Å². The highest BCUT2D eigenvalue weighted by Crippen LogP contribution is 2.24. The molecule has 86 valence electrons. The van der Waals surface area contributed by atoms with E-state index in [4.69, 9.17) is 4.74 Å². The molecule has 2 nitrogen and oxygen atoms in total. The standard InChI is InChI=1S/C15H16NO/c1-12-6-7-15(16-8-10-17-11-9-16)14-5-3-2-4-13(12)14/h2-7H,1,8-11H2/q+1. The summed E-state index contributed by atoms with van der Waals surface area (Å²) in [5.41, 5.74) is 4.94. The van der Waals surface area contributed by atoms with Gasteiger partial charge in [-0.15, -0.1) is 0 Å². The van der Waals surface area contributed by atoms with E-state index in [1.54, 1.807) is 0 Å². The second-order valence-electron chi connectivity index (χ2n) is 4.39. The summed E-state index contributed by atoms with van der Waals surface area (Å²) in [7, 11) is 0. The van der Waals surface area contributed by atoms with E-state index in [1.165, 1.54) is 16.8 Å². The largest absolute Gasteiger partial charge is 0.368 e. The molecule has 1 fully saturated rings. The average Bonchev–Trinajstić information content (AvgIpc) is 2.41. The third-order valence-corrected chi connectivity index (χ3v) is 3.34. The van der Waals surface area contributed by atoms with E-state index in [0.717, 1.165) is 31.9 Å². The molecule has 0 unspecified atom stereocenters. The van der Waals surface area contributed by atoms with Crippen molar-refractivity contribution < 1.29 is 9.31 Å². The van der Waals surface area contributed by atoms with Crippen LogP contribution < -0.4 is 0 Å². The fourth-order valence-electron chi connectivity index (χ4n) is 2.43. The first-order chi connectivity index (χ1) is 8.36. The van der Waals surface area contributed by atoms with Gasteiger partial charge in [0.25, 0.3) is 0 Å². The van der Waals surface area contributed by atoms with Crippen molar-refractivity contribution >= 4 is 11.3 Å². The number of nitrogens with zero attached hydrogens (tertiary/aromatic N) is 1. The van der Waals surface area contributed by atoms with Crippen molar-refractivity contribution in [2.75, 3.05) is 26.3 Å². The Morgan fingerprint density at radius 2 is 1.71 bits per heavy atom. The molecule has 2 aliphatic rings. The SMILES string of the molecule is C=C1C=CC(=[N+]2CCOCC2)c2ccccc21. The molecule has 0 spiro atoms. The summed E-state index contributed by atoms with van der Waals surface area (Å²) in [6.07, 6.45) is 4.28. The Hall–Kier alpha value is -1.67. The molecule has 1 aliphatic carbocycles. The van der Waals surface area contributed by atoms with Crippen LogP contribution in [0.15, 0.2) is 43.0 Å². The number of fused-ring (bicyclic) bond motifs is 1. The first kappa shape index (κ1) is 10.5. The van der Waals surface area contributed by atoms with Gasteiger partial charge in [0.15, 0.2) is 13.1 Å². The Kier molecular flexibility index (Phi) is 2.65. The minimum absolute atomic E-state index is 0.820. The van der Waals surface area contributed by atoms with Crippen LogP contribution in [0.4, 0.5) is 0 Å². The maximum Gasteiger partial charge on any atom is 0.208 e. The molecule has 1 heterocycles. The predicted molar refractivity (Wildman–Crippen MR) is 69.5 cm³/mol. The Morgan fingerprint density at radius 3 is 2.47 bits per heavy atom. The zero-order valence-electron chi connectivity index (χ0n) is 9.86. The molecule has 2 heteroatoms. The van der Waals surface area contributed by atoms with Crippen molar-refractivity contribution in [1.29, 1.82) is 0 Å². The number of allylic oxidation sites excluding steroid dienone is 3. The van der Waals surface area contributed by atoms with E-state index >= 15 is 0 Å². The summed E-state index contributed by atoms with van der Waals surface area (Å²) in [6, 6.07) is 8.47. The van der Waals surface area contributed by atoms with E-state index in [0.29, 0.717) is 0 Å². The summed E-state index contributed by atoms with van der Waals surface area (Å²) >= 11 is 0. The maximum absolute atomic E-state index is 5.40. The van der Waals surface area contributed by atoms with Gasteiger partial charge in [0.05, 0.1) is 5.56 Å². The second kappa shape index (κ2) is 4.30. The number of ether oxygens (including phenoxy) is 1. The third kappa shape index (κ3) is 1.85. The molecule has 1 aromatic rings. The van der Waals surface area contributed by atoms with E-state index in [2.05, 4.69) is 47.6 Å². The molecule has 1 aromatic carbocycles. The zero-order chi connectivity index (χ0) is 11.7. The Labute approximate surface area is 102 Å². The molecule has 0 bridgehead atoms. The highest BCUT2D eigenvalue weighted by molar-refractivity contribution is 6.12. The summed E-state index contributed by atoms with van der Waals surface area (Å²) in [6.45, 7) is 7.68. The number of morpholine rings is 1. The Bertz CT molecular complexity index is 517. The van der Waals surface area contributed by atoms with Gasteiger partial charge in [-0.3, -0.25) is 0 Å². The monoisotopic (exact) mass is 226 g/mol. The molecule has 1 aliphatic heterocycles. The summed E-state index contributed by atoms with van der Waals surface area (Å²) in [5.74, 6) is 0. The Morgan fingerprint density at radius 1 is 1.00 bits per heavy atom. The highest BCUT2D eigenvalue weighted by atomic mass is 16.5. The van der Waals surface area contributed by atoms with Gasteiger partial charge < -0.3 is 4.74 Å². The van der Waals surface area contributed by atoms with E-state index in [1.807, 2.05) is 0 Å². The summed E-state index contributed by atoms with van der Waals surface area (Å²) in [5, 5.41) is 0. The van der Waals surface area contributed by atoms with Crippen molar-refractivity contribution in [2.24, 2.45) is 0 Å². The first-order valence-corrected chi connectivity index (χ1v) is 6.02. The molecule has 17 heavy (non-hydrogen) atoms. The van der Waals surface area contributed by atoms with Crippen LogP contribution in [0.25, 0.3) is 5.57 Å². The number of rotatable bonds is 0. The molecular weight excluding hydrogens is 210 g/mol. The van der Waals surface area contributed by atoms with Gasteiger partial charge in [-0.05, 0) is 23.3 Å². The van der Waals surface area contributed by atoms with Crippen molar-refractivity contribution in [2.45, 2.75) is 0 Å². The normalized spacial score (nSPS) is 19.4. The smallest absolute Gasteiger partial charge is 0.208 e. The second-order valence-corrected chi connectivity index (χ2v) is 4.39. The maximum atomic E-state index is 5.40. The predicted octanol–water partition coefficient (Wildman–Crippen LogP) is 2.10. The minimum Gasteiger partial charge on any atom is -0.368 e. The zero-order valence-corrected chi connectivity index (χ0v) is 9.86. The van der Waals surface area contributed by atoms with Crippen molar-refractivity contribution in [1.82, 2.24) is 0 Å². The quantitative estimate of drug-likeness (QED) is 0.617. The van der Waals surface area contributed by atoms with Crippen LogP contribution in [0.1, 0.15) is 11.1 Å². The van der Waals surface area contributed by atoms with Crippen molar-refractivity contribution in [3.63, 3.8) is 0 Å². The molecule has 0 aromatic heterocycles. The molecule has 0 atom stereocenters. The fraction of sp³-hybridized carbons (Fsp3) is 0.267. The molecule has 0 saturated carbocycles. The van der Waals surface area contributed by atoms with Crippen LogP contribution in [0, 0.1) is 0 Å². The lowest BCUT2D eigenvalue weighted by Gasteiger charge is -2.18. The fourth-order valence-corrected chi connectivity index (χ4v) is 2.43. The van der Waals surface area contributed by atoms with Crippen molar-refractivity contribution in [3.8, 4) is 0 Å². The molecule has 3 rings (SSSR count). The number of hydrogen-bond acceptors (Lipinski definition) is 1. The lowest BCUT2D eigenvalue weighted by atomic mass is 9.92. The third-order valence-electron chi connectivity index (χ3n) is 3.34. The molecule has 1 saturated heterocycles. The topological polar surface area (TPSA) is 12.2 Å². The van der Waals surface area contributed by atoms with Gasteiger partial charge in [-0.25, -0.2) is 4.58 Å². The average molecular weight is 226 g/mol. The molecule has 0 N–H and O–H groups in total. The number of hydrogen-bond donors (Lipinski definition) is 0. The van der Waals surface area contributed by atoms with Gasteiger partial charge in [-0.2, -0.15) is 0 Å².